The van der Waals surface area contributed by atoms with E-state index >= 15 is 0 Å². The highest BCUT2D eigenvalue weighted by atomic mass is 19.1. The molecule has 18 heavy (non-hydrogen) atoms. The molecule has 0 unspecified atom stereocenters. The molecule has 0 radical (unpaired) electrons. The van der Waals surface area contributed by atoms with Crippen molar-refractivity contribution >= 4 is 5.97 Å². The zero-order chi connectivity index (χ0) is 13.1. The standard InChI is InChI=1S/C11H9F2N3O2/c1-18-11(17)10-5-14-15-16(10)6-7-8(12)3-2-4-9(7)13/h2-5H,6H2,1H3. The van der Waals surface area contributed by atoms with E-state index in [1.165, 1.54) is 19.4 Å². The van der Waals surface area contributed by atoms with Crippen LogP contribution >= 0.6 is 0 Å². The van der Waals surface area contributed by atoms with Gasteiger partial charge in [-0.05, 0) is 12.1 Å². The predicted molar refractivity (Wildman–Crippen MR) is 56.8 cm³/mol. The largest absolute Gasteiger partial charge is 0.464 e. The summed E-state index contributed by atoms with van der Waals surface area (Å²) in [6.45, 7) is -0.233. The third-order valence-corrected chi connectivity index (χ3v) is 2.38. The van der Waals surface area contributed by atoms with Gasteiger partial charge in [0.2, 0.25) is 0 Å². The lowest BCUT2D eigenvalue weighted by Crippen LogP contribution is -2.14. The van der Waals surface area contributed by atoms with Gasteiger partial charge in [-0.2, -0.15) is 0 Å². The van der Waals surface area contributed by atoms with Crippen LogP contribution in [0.2, 0.25) is 0 Å². The van der Waals surface area contributed by atoms with E-state index in [1.807, 2.05) is 0 Å². The molecule has 0 spiro atoms. The molecule has 0 bridgehead atoms. The van der Waals surface area contributed by atoms with Crippen LogP contribution in [-0.2, 0) is 11.3 Å². The first-order valence-corrected chi connectivity index (χ1v) is 5.03. The van der Waals surface area contributed by atoms with E-state index in [-0.39, 0.29) is 17.8 Å². The van der Waals surface area contributed by atoms with E-state index < -0.39 is 17.6 Å². The maximum absolute atomic E-state index is 13.4. The first kappa shape index (κ1) is 12.2. The van der Waals surface area contributed by atoms with Crippen molar-refractivity contribution in [2.24, 2.45) is 0 Å². The predicted octanol–water partition coefficient (Wildman–Crippen LogP) is 1.39. The molecular weight excluding hydrogens is 244 g/mol. The Morgan fingerprint density at radius 3 is 2.67 bits per heavy atom. The lowest BCUT2D eigenvalue weighted by atomic mass is 10.2. The normalized spacial score (nSPS) is 10.4. The van der Waals surface area contributed by atoms with E-state index in [4.69, 9.17) is 0 Å². The number of carbonyl (C=O) groups excluding carboxylic acids is 1. The molecule has 0 atom stereocenters. The minimum atomic E-state index is -0.707. The molecule has 0 saturated carbocycles. The van der Waals surface area contributed by atoms with Crippen LogP contribution in [0, 0.1) is 11.6 Å². The van der Waals surface area contributed by atoms with Crippen molar-refractivity contribution in [3.8, 4) is 0 Å². The molecule has 94 valence electrons. The molecule has 2 aromatic rings. The summed E-state index contributed by atoms with van der Waals surface area (Å²) in [4.78, 5) is 11.3. The Labute approximate surface area is 101 Å². The summed E-state index contributed by atoms with van der Waals surface area (Å²) in [5, 5.41) is 7.11. The van der Waals surface area contributed by atoms with E-state index in [0.717, 1.165) is 16.8 Å². The maximum atomic E-state index is 13.4. The molecule has 0 fully saturated rings. The molecule has 0 aliphatic heterocycles. The van der Waals surface area contributed by atoms with Gasteiger partial charge in [0.25, 0.3) is 0 Å². The number of methoxy groups -OCH3 is 1. The zero-order valence-corrected chi connectivity index (χ0v) is 9.43. The number of rotatable bonds is 3. The Hall–Kier alpha value is -2.31. The van der Waals surface area contributed by atoms with E-state index in [2.05, 4.69) is 15.0 Å². The first-order chi connectivity index (χ1) is 8.63. The monoisotopic (exact) mass is 253 g/mol. The maximum Gasteiger partial charge on any atom is 0.358 e. The zero-order valence-electron chi connectivity index (χ0n) is 9.43. The molecule has 0 saturated heterocycles. The lowest BCUT2D eigenvalue weighted by Gasteiger charge is -2.06. The minimum absolute atomic E-state index is 0.0279. The number of hydrogen-bond donors (Lipinski definition) is 0. The molecular formula is C11H9F2N3O2. The van der Waals surface area contributed by atoms with Crippen LogP contribution in [0.4, 0.5) is 8.78 Å². The van der Waals surface area contributed by atoms with Gasteiger partial charge in [0.15, 0.2) is 5.69 Å². The van der Waals surface area contributed by atoms with Crippen molar-refractivity contribution in [2.45, 2.75) is 6.54 Å². The fourth-order valence-corrected chi connectivity index (χ4v) is 1.47. The molecule has 5 nitrogen and oxygen atoms in total. The quantitative estimate of drug-likeness (QED) is 0.776. The Balaban J connectivity index is 2.35. The van der Waals surface area contributed by atoms with E-state index in [1.54, 1.807) is 0 Å². The molecule has 7 heteroatoms. The SMILES string of the molecule is COC(=O)c1cnnn1Cc1c(F)cccc1F. The summed E-state index contributed by atoms with van der Waals surface area (Å²) in [6, 6.07) is 3.52. The Morgan fingerprint density at radius 2 is 2.06 bits per heavy atom. The molecule has 0 amide bonds. The van der Waals surface area contributed by atoms with E-state index in [0.29, 0.717) is 0 Å². The summed E-state index contributed by atoms with van der Waals surface area (Å²) < 4.78 is 32.5. The van der Waals surface area contributed by atoms with Gasteiger partial charge in [0.1, 0.15) is 11.6 Å². The Morgan fingerprint density at radius 1 is 1.39 bits per heavy atom. The van der Waals surface area contributed by atoms with Crippen molar-refractivity contribution in [3.05, 3.63) is 47.3 Å². The summed E-state index contributed by atoms with van der Waals surface area (Å²) >= 11 is 0. The topological polar surface area (TPSA) is 57.0 Å². The van der Waals surface area contributed by atoms with Gasteiger partial charge in [-0.3, -0.25) is 0 Å². The van der Waals surface area contributed by atoms with E-state index in [9.17, 15) is 13.6 Å². The molecule has 0 aliphatic carbocycles. The summed E-state index contributed by atoms with van der Waals surface area (Å²) in [5.41, 5.74) is -0.159. The highest BCUT2D eigenvalue weighted by molar-refractivity contribution is 5.86. The van der Waals surface area contributed by atoms with Crippen LogP contribution in [0.1, 0.15) is 16.1 Å². The highest BCUT2D eigenvalue weighted by Crippen LogP contribution is 2.14. The number of halogens is 2. The number of carbonyl (C=O) groups is 1. The van der Waals surface area contributed by atoms with Crippen LogP contribution in [-0.4, -0.2) is 28.1 Å². The molecule has 2 rings (SSSR count). The van der Waals surface area contributed by atoms with Crippen LogP contribution < -0.4 is 0 Å². The molecule has 0 N–H and O–H groups in total. The first-order valence-electron chi connectivity index (χ1n) is 5.03. The van der Waals surface area contributed by atoms with Crippen LogP contribution in [0.15, 0.2) is 24.4 Å². The van der Waals surface area contributed by atoms with Gasteiger partial charge in [-0.1, -0.05) is 11.3 Å². The number of esters is 1. The molecule has 1 aromatic heterocycles. The molecule has 0 aliphatic rings. The van der Waals surface area contributed by atoms with Gasteiger partial charge in [-0.25, -0.2) is 18.3 Å². The molecule has 1 aromatic carbocycles. The number of ether oxygens (including phenoxy) is 1. The van der Waals surface area contributed by atoms with Crippen molar-refractivity contribution < 1.29 is 18.3 Å². The lowest BCUT2D eigenvalue weighted by molar-refractivity contribution is 0.0587. The van der Waals surface area contributed by atoms with Gasteiger partial charge in [0, 0.05) is 5.56 Å². The van der Waals surface area contributed by atoms with Crippen LogP contribution in [0.3, 0.4) is 0 Å². The number of nitrogens with zero attached hydrogens (tertiary/aromatic N) is 3. The fraction of sp³-hybridized carbons (Fsp3) is 0.182. The van der Waals surface area contributed by atoms with Gasteiger partial charge >= 0.3 is 5.97 Å². The average Bonchev–Trinajstić information content (AvgIpc) is 2.81. The van der Waals surface area contributed by atoms with Gasteiger partial charge in [0.05, 0.1) is 19.9 Å². The third kappa shape index (κ3) is 2.20. The third-order valence-electron chi connectivity index (χ3n) is 2.38. The van der Waals surface area contributed by atoms with Crippen molar-refractivity contribution in [1.82, 2.24) is 15.0 Å². The average molecular weight is 253 g/mol. The second kappa shape index (κ2) is 4.91. The van der Waals surface area contributed by atoms with Gasteiger partial charge in [-0.15, -0.1) is 5.10 Å². The van der Waals surface area contributed by atoms with Crippen molar-refractivity contribution in [3.63, 3.8) is 0 Å². The minimum Gasteiger partial charge on any atom is -0.464 e. The number of aromatic nitrogens is 3. The Bertz CT molecular complexity index is 563. The van der Waals surface area contributed by atoms with Crippen LogP contribution in [0.5, 0.6) is 0 Å². The highest BCUT2D eigenvalue weighted by Gasteiger charge is 2.16. The van der Waals surface area contributed by atoms with Crippen molar-refractivity contribution in [1.29, 1.82) is 0 Å². The molecule has 1 heterocycles. The number of hydrogen-bond acceptors (Lipinski definition) is 4. The van der Waals surface area contributed by atoms with Crippen LogP contribution in [0.25, 0.3) is 0 Å². The van der Waals surface area contributed by atoms with Gasteiger partial charge < -0.3 is 4.74 Å². The summed E-state index contributed by atoms with van der Waals surface area (Å²) in [5.74, 6) is -2.08. The number of benzene rings is 1. The van der Waals surface area contributed by atoms with Crippen molar-refractivity contribution in [2.75, 3.05) is 7.11 Å². The summed E-state index contributed by atoms with van der Waals surface area (Å²) in [7, 11) is 1.20. The Kier molecular flexibility index (Phi) is 3.31. The second-order valence-corrected chi connectivity index (χ2v) is 3.47. The summed E-state index contributed by atoms with van der Waals surface area (Å²) in [6.07, 6.45) is 1.17. The fourth-order valence-electron chi connectivity index (χ4n) is 1.47. The second-order valence-electron chi connectivity index (χ2n) is 3.47. The smallest absolute Gasteiger partial charge is 0.358 e.